The highest BCUT2D eigenvalue weighted by Gasteiger charge is 2.33. The Morgan fingerprint density at radius 2 is 1.90 bits per heavy atom. The average Bonchev–Trinajstić information content (AvgIpc) is 2.68. The summed E-state index contributed by atoms with van der Waals surface area (Å²) >= 11 is 0.773. The highest BCUT2D eigenvalue weighted by molar-refractivity contribution is 8.15. The van der Waals surface area contributed by atoms with E-state index in [1.807, 2.05) is 0 Å². The van der Waals surface area contributed by atoms with Crippen molar-refractivity contribution in [2.45, 2.75) is 11.7 Å². The van der Waals surface area contributed by atoms with Crippen molar-refractivity contribution in [1.82, 2.24) is 5.32 Å². The Kier molecular flexibility index (Phi) is 4.04. The van der Waals surface area contributed by atoms with Gasteiger partial charge in [-0.15, -0.1) is 0 Å². The highest BCUT2D eigenvalue weighted by Crippen LogP contribution is 2.22. The van der Waals surface area contributed by atoms with Crippen LogP contribution in [0.25, 0.3) is 0 Å². The zero-order valence-corrected chi connectivity index (χ0v) is 10.9. The fourth-order valence-corrected chi connectivity index (χ4v) is 2.42. The van der Waals surface area contributed by atoms with Gasteiger partial charge >= 0.3 is 0 Å². The van der Waals surface area contributed by atoms with Gasteiger partial charge in [0.1, 0.15) is 5.25 Å². The van der Waals surface area contributed by atoms with Crippen LogP contribution in [0.5, 0.6) is 0 Å². The first-order valence-corrected chi connectivity index (χ1v) is 6.46. The molecule has 20 heavy (non-hydrogen) atoms. The van der Waals surface area contributed by atoms with E-state index in [9.17, 15) is 24.3 Å². The van der Waals surface area contributed by atoms with Gasteiger partial charge in [-0.3, -0.25) is 19.7 Å². The Morgan fingerprint density at radius 3 is 2.40 bits per heavy atom. The number of anilines is 1. The van der Waals surface area contributed by atoms with E-state index < -0.39 is 28.3 Å². The smallest absolute Gasteiger partial charge is 0.286 e. The van der Waals surface area contributed by atoms with Crippen LogP contribution >= 0.6 is 11.8 Å². The first kappa shape index (κ1) is 14.1. The van der Waals surface area contributed by atoms with Gasteiger partial charge in [0.25, 0.3) is 5.24 Å². The first-order chi connectivity index (χ1) is 9.45. The van der Waals surface area contributed by atoms with E-state index in [1.54, 1.807) is 0 Å². The molecule has 0 radical (unpaired) electrons. The lowest BCUT2D eigenvalue weighted by Crippen LogP contribution is -2.27. The molecule has 2 N–H and O–H groups in total. The number of carbonyl (C=O) groups is 4. The van der Waals surface area contributed by atoms with Gasteiger partial charge in [-0.1, -0.05) is 23.9 Å². The molecule has 1 heterocycles. The molecule has 7 nitrogen and oxygen atoms in total. The Bertz CT molecular complexity index is 584. The second-order valence-corrected chi connectivity index (χ2v) is 5.18. The van der Waals surface area contributed by atoms with Crippen LogP contribution in [0.4, 0.5) is 10.5 Å². The Hall–Kier alpha value is -2.35. The van der Waals surface area contributed by atoms with Gasteiger partial charge in [0.2, 0.25) is 11.8 Å². The van der Waals surface area contributed by atoms with E-state index in [-0.39, 0.29) is 12.0 Å². The van der Waals surface area contributed by atoms with E-state index in [1.165, 1.54) is 24.3 Å². The number of rotatable bonds is 4. The number of aromatic carboxylic acids is 1. The topological polar surface area (TPSA) is 115 Å². The highest BCUT2D eigenvalue weighted by atomic mass is 32.2. The molecule has 0 saturated carbocycles. The summed E-state index contributed by atoms with van der Waals surface area (Å²) in [6.45, 7) is 0. The van der Waals surface area contributed by atoms with Crippen LogP contribution in [-0.4, -0.2) is 28.3 Å². The molecule has 1 aromatic carbocycles. The number of hydrogen-bond donors (Lipinski definition) is 2. The standard InChI is InChI=1S/C12H10N2O5S/c15-9(5-8-10(16)14-12(19)20-8)13-7-3-1-6(2-4-7)11(17)18/h1-4,8H,5H2,(H,13,15)(H,17,18)(H,14,16,19)/p-1/t8-/m0/s1. The monoisotopic (exact) mass is 293 g/mol. The van der Waals surface area contributed by atoms with Crippen molar-refractivity contribution in [3.63, 3.8) is 0 Å². The SMILES string of the molecule is O=C(C[C@@H]1SC(=O)NC1=O)Nc1ccc(C(=O)[O-])cc1. The van der Waals surface area contributed by atoms with E-state index in [2.05, 4.69) is 10.6 Å². The van der Waals surface area contributed by atoms with E-state index >= 15 is 0 Å². The van der Waals surface area contributed by atoms with Crippen molar-refractivity contribution in [2.75, 3.05) is 5.32 Å². The lowest BCUT2D eigenvalue weighted by atomic mass is 10.2. The van der Waals surface area contributed by atoms with Gasteiger partial charge in [0.15, 0.2) is 0 Å². The average molecular weight is 293 g/mol. The van der Waals surface area contributed by atoms with Crippen LogP contribution in [0.3, 0.4) is 0 Å². The zero-order chi connectivity index (χ0) is 14.7. The predicted octanol–water partition coefficient (Wildman–Crippen LogP) is -0.270. The maximum absolute atomic E-state index is 11.7. The molecule has 1 fully saturated rings. The van der Waals surface area contributed by atoms with Crippen molar-refractivity contribution in [2.24, 2.45) is 0 Å². The number of carboxylic acid groups (broad SMARTS) is 1. The maximum atomic E-state index is 11.7. The van der Waals surface area contributed by atoms with E-state index in [0.717, 1.165) is 11.8 Å². The quantitative estimate of drug-likeness (QED) is 0.789. The molecule has 0 aromatic heterocycles. The van der Waals surface area contributed by atoms with E-state index in [0.29, 0.717) is 5.69 Å². The molecule has 0 spiro atoms. The minimum absolute atomic E-state index is 0.000628. The van der Waals surface area contributed by atoms with Gasteiger partial charge in [0.05, 0.1) is 5.97 Å². The van der Waals surface area contributed by atoms with E-state index in [4.69, 9.17) is 0 Å². The fourth-order valence-electron chi connectivity index (χ4n) is 1.60. The fraction of sp³-hybridized carbons (Fsp3) is 0.167. The van der Waals surface area contributed by atoms with Crippen molar-refractivity contribution >= 4 is 40.5 Å². The third-order valence-electron chi connectivity index (χ3n) is 2.54. The minimum Gasteiger partial charge on any atom is -0.545 e. The van der Waals surface area contributed by atoms with Crippen molar-refractivity contribution in [1.29, 1.82) is 0 Å². The lowest BCUT2D eigenvalue weighted by molar-refractivity contribution is -0.255. The Balaban J connectivity index is 1.93. The predicted molar refractivity (Wildman–Crippen MR) is 68.9 cm³/mol. The second-order valence-electron chi connectivity index (χ2n) is 4.00. The molecule has 1 aromatic rings. The van der Waals surface area contributed by atoms with Crippen LogP contribution < -0.4 is 15.7 Å². The zero-order valence-electron chi connectivity index (χ0n) is 10.0. The molecule has 1 saturated heterocycles. The number of hydrogen-bond acceptors (Lipinski definition) is 6. The number of carbonyl (C=O) groups excluding carboxylic acids is 4. The van der Waals surface area contributed by atoms with Gasteiger partial charge in [-0.2, -0.15) is 0 Å². The number of thioether (sulfide) groups is 1. The van der Waals surface area contributed by atoms with Gasteiger partial charge in [0, 0.05) is 12.1 Å². The van der Waals surface area contributed by atoms with Crippen LogP contribution in [0, 0.1) is 0 Å². The summed E-state index contributed by atoms with van der Waals surface area (Å²) in [5.74, 6) is -2.23. The van der Waals surface area contributed by atoms with Crippen LogP contribution in [0.2, 0.25) is 0 Å². The molecule has 3 amide bonds. The molecule has 2 rings (SSSR count). The first-order valence-electron chi connectivity index (χ1n) is 5.58. The van der Waals surface area contributed by atoms with Gasteiger partial charge in [-0.25, -0.2) is 0 Å². The summed E-state index contributed by atoms with van der Waals surface area (Å²) in [5.41, 5.74) is 0.397. The number of nitrogens with one attached hydrogen (secondary N) is 2. The summed E-state index contributed by atoms with van der Waals surface area (Å²) in [5, 5.41) is 14.0. The minimum atomic E-state index is -1.31. The summed E-state index contributed by atoms with van der Waals surface area (Å²) in [4.78, 5) is 44.5. The Labute approximate surface area is 117 Å². The third kappa shape index (κ3) is 3.35. The largest absolute Gasteiger partial charge is 0.545 e. The number of amides is 3. The molecule has 0 aliphatic carbocycles. The van der Waals surface area contributed by atoms with Crippen LogP contribution in [-0.2, 0) is 9.59 Å². The molecule has 1 aliphatic rings. The van der Waals surface area contributed by atoms with Gasteiger partial charge in [-0.05, 0) is 17.7 Å². The molecular formula is C12H9N2O5S-. The maximum Gasteiger partial charge on any atom is 0.286 e. The number of imide groups is 1. The molecule has 1 aliphatic heterocycles. The lowest BCUT2D eigenvalue weighted by Gasteiger charge is -2.08. The summed E-state index contributed by atoms with van der Waals surface area (Å²) in [7, 11) is 0. The molecule has 104 valence electrons. The van der Waals surface area contributed by atoms with Crippen LogP contribution in [0.1, 0.15) is 16.8 Å². The van der Waals surface area contributed by atoms with Crippen molar-refractivity contribution in [3.8, 4) is 0 Å². The molecular weight excluding hydrogens is 284 g/mol. The van der Waals surface area contributed by atoms with Crippen molar-refractivity contribution < 1.29 is 24.3 Å². The summed E-state index contributed by atoms with van der Waals surface area (Å²) < 4.78 is 0. The van der Waals surface area contributed by atoms with Gasteiger partial charge < -0.3 is 15.2 Å². The normalized spacial score (nSPS) is 17.7. The second kappa shape index (κ2) is 5.74. The van der Waals surface area contributed by atoms with Crippen LogP contribution in [0.15, 0.2) is 24.3 Å². The summed E-state index contributed by atoms with van der Waals surface area (Å²) in [6, 6.07) is 5.42. The molecule has 1 atom stereocenters. The molecule has 8 heteroatoms. The molecule has 0 bridgehead atoms. The van der Waals surface area contributed by atoms with Crippen molar-refractivity contribution in [3.05, 3.63) is 29.8 Å². The molecule has 0 unspecified atom stereocenters. The Morgan fingerprint density at radius 1 is 1.25 bits per heavy atom. The number of benzene rings is 1. The third-order valence-corrected chi connectivity index (χ3v) is 3.52. The number of carboxylic acids is 1. The summed E-state index contributed by atoms with van der Waals surface area (Å²) in [6.07, 6.45) is -0.134.